The molecule has 6 heteroatoms. The molecule has 136 valence electrons. The van der Waals surface area contributed by atoms with Crippen LogP contribution in [0.4, 0.5) is 5.69 Å². The third-order valence-corrected chi connectivity index (χ3v) is 5.85. The lowest BCUT2D eigenvalue weighted by atomic mass is 9.90. The van der Waals surface area contributed by atoms with E-state index in [9.17, 15) is 9.59 Å². The number of amides is 1. The molecular formula is C20H23N3O3. The summed E-state index contributed by atoms with van der Waals surface area (Å²) >= 11 is 0. The molecule has 6 nitrogen and oxygen atoms in total. The van der Waals surface area contributed by atoms with Gasteiger partial charge in [-0.15, -0.1) is 0 Å². The van der Waals surface area contributed by atoms with Gasteiger partial charge in [0.1, 0.15) is 11.1 Å². The molecule has 1 aromatic carbocycles. The first kappa shape index (κ1) is 15.9. The van der Waals surface area contributed by atoms with Crippen molar-refractivity contribution < 1.29 is 9.21 Å². The van der Waals surface area contributed by atoms with E-state index in [1.54, 1.807) is 11.0 Å². The maximum absolute atomic E-state index is 12.8. The Morgan fingerprint density at radius 3 is 2.62 bits per heavy atom. The normalized spacial score (nSPS) is 19.5. The van der Waals surface area contributed by atoms with E-state index < -0.39 is 5.63 Å². The van der Waals surface area contributed by atoms with Crippen molar-refractivity contribution >= 4 is 22.6 Å². The van der Waals surface area contributed by atoms with Crippen LogP contribution in [0.1, 0.15) is 34.3 Å². The van der Waals surface area contributed by atoms with Crippen LogP contribution in [-0.4, -0.2) is 50.1 Å². The lowest BCUT2D eigenvalue weighted by Gasteiger charge is -2.37. The van der Waals surface area contributed by atoms with Crippen LogP contribution in [0, 0.1) is 0 Å². The van der Waals surface area contributed by atoms with Crippen molar-refractivity contribution in [3.8, 4) is 0 Å². The summed E-state index contributed by atoms with van der Waals surface area (Å²) in [5.74, 6) is -0.213. The minimum absolute atomic E-state index is 0.162. The van der Waals surface area contributed by atoms with Crippen molar-refractivity contribution in [2.24, 2.45) is 0 Å². The highest BCUT2D eigenvalue weighted by atomic mass is 16.4. The third kappa shape index (κ3) is 2.43. The number of rotatable bonds is 1. The van der Waals surface area contributed by atoms with E-state index in [0.29, 0.717) is 18.7 Å². The van der Waals surface area contributed by atoms with Gasteiger partial charge >= 0.3 is 5.63 Å². The first-order chi connectivity index (χ1) is 12.7. The Hall–Kier alpha value is -2.34. The average molecular weight is 353 g/mol. The second kappa shape index (κ2) is 6.13. The molecule has 1 saturated heterocycles. The smallest absolute Gasteiger partial charge is 0.349 e. The Balaban J connectivity index is 1.65. The van der Waals surface area contributed by atoms with Crippen molar-refractivity contribution in [2.45, 2.75) is 25.7 Å². The molecule has 2 aromatic rings. The fraction of sp³-hybridized carbons (Fsp3) is 0.500. The van der Waals surface area contributed by atoms with Crippen LogP contribution >= 0.6 is 0 Å². The number of aryl methyl sites for hydroxylation is 2. The Labute approximate surface area is 151 Å². The summed E-state index contributed by atoms with van der Waals surface area (Å²) in [7, 11) is 0. The number of nitrogens with one attached hydrogen (secondary N) is 1. The topological polar surface area (TPSA) is 65.8 Å². The number of anilines is 1. The van der Waals surface area contributed by atoms with Gasteiger partial charge in [0.15, 0.2) is 0 Å². The van der Waals surface area contributed by atoms with Crippen molar-refractivity contribution in [1.29, 1.82) is 0 Å². The van der Waals surface area contributed by atoms with Gasteiger partial charge in [-0.1, -0.05) is 0 Å². The molecule has 0 spiro atoms. The van der Waals surface area contributed by atoms with Gasteiger partial charge in [-0.05, 0) is 43.4 Å². The Bertz CT molecular complexity index is 941. The number of fused-ring (bicyclic) bond motifs is 2. The van der Waals surface area contributed by atoms with Crippen LogP contribution < -0.4 is 15.8 Å². The summed E-state index contributed by atoms with van der Waals surface area (Å²) in [5, 5.41) is 4.11. The zero-order valence-electron chi connectivity index (χ0n) is 14.8. The Kier molecular flexibility index (Phi) is 3.74. The van der Waals surface area contributed by atoms with E-state index >= 15 is 0 Å². The van der Waals surface area contributed by atoms with Gasteiger partial charge in [-0.2, -0.15) is 0 Å². The molecule has 0 atom stereocenters. The number of carbonyl (C=O) groups is 1. The number of piperazine rings is 1. The fourth-order valence-electron chi connectivity index (χ4n) is 4.63. The quantitative estimate of drug-likeness (QED) is 0.788. The summed E-state index contributed by atoms with van der Waals surface area (Å²) in [6, 6.07) is 3.89. The standard InChI is InChI=1S/C20H23N3O3/c24-19(23-9-5-21-6-10-23)16-12-14-11-13-3-1-7-22-8-2-4-15(17(13)22)18(14)26-20(16)25/h11-12,21H,1-10H2. The molecule has 0 aliphatic carbocycles. The molecule has 1 aromatic heterocycles. The number of carbonyl (C=O) groups excluding carboxylic acids is 1. The van der Waals surface area contributed by atoms with E-state index in [1.807, 2.05) is 0 Å². The zero-order chi connectivity index (χ0) is 17.7. The lowest BCUT2D eigenvalue weighted by molar-refractivity contribution is 0.0731. The molecule has 0 bridgehead atoms. The van der Waals surface area contributed by atoms with E-state index in [-0.39, 0.29) is 11.5 Å². The highest BCUT2D eigenvalue weighted by Gasteiger charge is 2.28. The molecule has 5 rings (SSSR count). The number of benzene rings is 1. The van der Waals surface area contributed by atoms with E-state index in [4.69, 9.17) is 4.42 Å². The highest BCUT2D eigenvalue weighted by molar-refractivity contribution is 5.98. The summed E-state index contributed by atoms with van der Waals surface area (Å²) in [6.45, 7) is 4.93. The number of nitrogens with zero attached hydrogens (tertiary/aromatic N) is 2. The molecular weight excluding hydrogens is 330 g/mol. The molecule has 0 unspecified atom stereocenters. The zero-order valence-corrected chi connectivity index (χ0v) is 14.8. The molecule has 0 saturated carbocycles. The summed E-state index contributed by atoms with van der Waals surface area (Å²) in [5.41, 5.74) is 4.09. The van der Waals surface area contributed by atoms with Crippen molar-refractivity contribution in [3.05, 3.63) is 39.2 Å². The molecule has 3 aliphatic rings. The van der Waals surface area contributed by atoms with Crippen LogP contribution in [0.5, 0.6) is 0 Å². The molecule has 3 aliphatic heterocycles. The van der Waals surface area contributed by atoms with Crippen LogP contribution in [0.15, 0.2) is 21.3 Å². The first-order valence-electron chi connectivity index (χ1n) is 9.60. The molecule has 1 N–H and O–H groups in total. The highest BCUT2D eigenvalue weighted by Crippen LogP contribution is 2.39. The Morgan fingerprint density at radius 2 is 1.81 bits per heavy atom. The minimum atomic E-state index is -0.509. The van der Waals surface area contributed by atoms with Crippen LogP contribution in [0.3, 0.4) is 0 Å². The van der Waals surface area contributed by atoms with E-state index in [2.05, 4.69) is 16.3 Å². The SMILES string of the molecule is O=C(c1cc2cc3c4c(c2oc1=O)CCCN4CCC3)N1CCNCC1. The van der Waals surface area contributed by atoms with E-state index in [0.717, 1.165) is 62.8 Å². The minimum Gasteiger partial charge on any atom is -0.422 e. The van der Waals surface area contributed by atoms with Gasteiger partial charge in [-0.25, -0.2) is 4.79 Å². The summed E-state index contributed by atoms with van der Waals surface area (Å²) in [6.07, 6.45) is 4.22. The Morgan fingerprint density at radius 1 is 1.04 bits per heavy atom. The predicted octanol–water partition coefficient (Wildman–Crippen LogP) is 1.54. The van der Waals surface area contributed by atoms with Crippen LogP contribution in [0.25, 0.3) is 11.0 Å². The van der Waals surface area contributed by atoms with Gasteiger partial charge < -0.3 is 19.5 Å². The molecule has 1 amide bonds. The molecule has 4 heterocycles. The van der Waals surface area contributed by atoms with Crippen LogP contribution in [-0.2, 0) is 12.8 Å². The number of hydrogen-bond donors (Lipinski definition) is 1. The summed E-state index contributed by atoms with van der Waals surface area (Å²) < 4.78 is 5.73. The second-order valence-corrected chi connectivity index (χ2v) is 7.47. The average Bonchev–Trinajstić information content (AvgIpc) is 2.69. The maximum Gasteiger partial charge on any atom is 0.349 e. The van der Waals surface area contributed by atoms with Gasteiger partial charge in [0.05, 0.1) is 0 Å². The third-order valence-electron chi connectivity index (χ3n) is 5.85. The van der Waals surface area contributed by atoms with Gasteiger partial charge in [0.25, 0.3) is 5.91 Å². The second-order valence-electron chi connectivity index (χ2n) is 7.47. The van der Waals surface area contributed by atoms with Crippen molar-refractivity contribution in [1.82, 2.24) is 10.2 Å². The van der Waals surface area contributed by atoms with Gasteiger partial charge in [0, 0.05) is 55.9 Å². The van der Waals surface area contributed by atoms with Gasteiger partial charge in [-0.3, -0.25) is 4.79 Å². The maximum atomic E-state index is 12.8. The van der Waals surface area contributed by atoms with Gasteiger partial charge in [0.2, 0.25) is 0 Å². The van der Waals surface area contributed by atoms with E-state index in [1.165, 1.54) is 11.3 Å². The first-order valence-corrected chi connectivity index (χ1v) is 9.60. The largest absolute Gasteiger partial charge is 0.422 e. The monoisotopic (exact) mass is 353 g/mol. The molecule has 1 fully saturated rings. The predicted molar refractivity (Wildman–Crippen MR) is 100 cm³/mol. The molecule has 26 heavy (non-hydrogen) atoms. The van der Waals surface area contributed by atoms with Crippen molar-refractivity contribution in [2.75, 3.05) is 44.2 Å². The number of hydrogen-bond acceptors (Lipinski definition) is 5. The summed E-state index contributed by atoms with van der Waals surface area (Å²) in [4.78, 5) is 29.6. The molecule has 0 radical (unpaired) electrons. The lowest BCUT2D eigenvalue weighted by Crippen LogP contribution is -2.47. The van der Waals surface area contributed by atoms with Crippen molar-refractivity contribution in [3.63, 3.8) is 0 Å². The van der Waals surface area contributed by atoms with Crippen LogP contribution in [0.2, 0.25) is 0 Å². The fourth-order valence-corrected chi connectivity index (χ4v) is 4.63.